The third-order valence-corrected chi connectivity index (χ3v) is 3.12. The van der Waals surface area contributed by atoms with Gasteiger partial charge in [0.25, 0.3) is 0 Å². The molecular formula is C13H12N2OS. The molecule has 0 radical (unpaired) electrons. The average molecular weight is 244 g/mol. The number of benzene rings is 1. The Morgan fingerprint density at radius 1 is 1.24 bits per heavy atom. The maximum atomic E-state index is 5.76. The van der Waals surface area contributed by atoms with Crippen LogP contribution in [0, 0.1) is 4.64 Å². The Bertz CT molecular complexity index is 586. The molecule has 1 aromatic carbocycles. The van der Waals surface area contributed by atoms with Gasteiger partial charge in [-0.15, -0.1) is 0 Å². The van der Waals surface area contributed by atoms with Gasteiger partial charge in [0, 0.05) is 5.56 Å². The maximum absolute atomic E-state index is 5.76. The third kappa shape index (κ3) is 1.96. The van der Waals surface area contributed by atoms with Crippen LogP contribution in [0.1, 0.15) is 12.0 Å². The molecule has 3 rings (SSSR count). The van der Waals surface area contributed by atoms with E-state index in [0.29, 0.717) is 4.64 Å². The van der Waals surface area contributed by atoms with Crippen molar-refractivity contribution in [3.8, 4) is 17.0 Å². The summed E-state index contributed by atoms with van der Waals surface area (Å²) in [5.41, 5.74) is 3.17. The number of ether oxygens (including phenoxy) is 1. The Morgan fingerprint density at radius 2 is 2.18 bits per heavy atom. The van der Waals surface area contributed by atoms with Crippen molar-refractivity contribution in [2.45, 2.75) is 12.8 Å². The molecule has 0 unspecified atom stereocenters. The van der Waals surface area contributed by atoms with Crippen molar-refractivity contribution >= 4 is 12.2 Å². The van der Waals surface area contributed by atoms with Gasteiger partial charge in [0.2, 0.25) is 0 Å². The fourth-order valence-corrected chi connectivity index (χ4v) is 2.20. The first-order valence-corrected chi connectivity index (χ1v) is 6.06. The quantitative estimate of drug-likeness (QED) is 0.783. The van der Waals surface area contributed by atoms with Crippen LogP contribution in [0.4, 0.5) is 0 Å². The van der Waals surface area contributed by atoms with Gasteiger partial charge in [-0.25, -0.2) is 0 Å². The molecule has 4 heteroatoms. The van der Waals surface area contributed by atoms with Crippen LogP contribution in [-0.2, 0) is 6.42 Å². The van der Waals surface area contributed by atoms with E-state index in [2.05, 4.69) is 16.3 Å². The zero-order valence-electron chi connectivity index (χ0n) is 9.27. The van der Waals surface area contributed by atoms with E-state index in [4.69, 9.17) is 17.0 Å². The van der Waals surface area contributed by atoms with Gasteiger partial charge in [-0.1, -0.05) is 24.4 Å². The van der Waals surface area contributed by atoms with Gasteiger partial charge in [-0.3, -0.25) is 5.10 Å². The average Bonchev–Trinajstić information content (AvgIpc) is 2.39. The lowest BCUT2D eigenvalue weighted by atomic mass is 10.0. The molecule has 0 atom stereocenters. The number of aromatic amines is 1. The fraction of sp³-hybridized carbons (Fsp3) is 0.231. The highest BCUT2D eigenvalue weighted by molar-refractivity contribution is 7.71. The second kappa shape index (κ2) is 4.30. The lowest BCUT2D eigenvalue weighted by molar-refractivity contribution is 0.289. The molecule has 1 aromatic heterocycles. The normalized spacial score (nSPS) is 13.9. The summed E-state index contributed by atoms with van der Waals surface area (Å²) < 4.78 is 6.40. The van der Waals surface area contributed by atoms with Crippen LogP contribution >= 0.6 is 12.2 Å². The number of hydrogen-bond acceptors (Lipinski definition) is 3. The molecule has 0 saturated heterocycles. The Hall–Kier alpha value is -1.68. The molecule has 3 nitrogen and oxygen atoms in total. The van der Waals surface area contributed by atoms with Crippen LogP contribution in [0.15, 0.2) is 30.3 Å². The number of rotatable bonds is 1. The Balaban J connectivity index is 2.14. The second-order valence-corrected chi connectivity index (χ2v) is 4.49. The highest BCUT2D eigenvalue weighted by atomic mass is 32.1. The molecule has 0 bridgehead atoms. The number of para-hydroxylation sites is 1. The molecular weight excluding hydrogens is 232 g/mol. The van der Waals surface area contributed by atoms with Crippen LogP contribution in [0.5, 0.6) is 5.75 Å². The molecule has 0 aliphatic carbocycles. The first-order valence-electron chi connectivity index (χ1n) is 5.65. The molecule has 86 valence electrons. The zero-order chi connectivity index (χ0) is 11.7. The summed E-state index contributed by atoms with van der Waals surface area (Å²) in [6.45, 7) is 0.785. The van der Waals surface area contributed by atoms with E-state index in [1.54, 1.807) is 0 Å². The standard InChI is InChI=1S/C13H12N2OS/c17-12-7-6-11(14-15-12)10-5-1-3-9-4-2-8-16-13(9)10/h1,3,5-7H,2,4,8H2,(H,15,17). The minimum Gasteiger partial charge on any atom is -0.493 e. The third-order valence-electron chi connectivity index (χ3n) is 2.89. The van der Waals surface area contributed by atoms with Crippen molar-refractivity contribution in [3.05, 3.63) is 40.5 Å². The maximum Gasteiger partial charge on any atom is 0.131 e. The number of fused-ring (bicyclic) bond motifs is 1. The van der Waals surface area contributed by atoms with E-state index in [0.717, 1.165) is 36.5 Å². The predicted molar refractivity (Wildman–Crippen MR) is 68.7 cm³/mol. The van der Waals surface area contributed by atoms with Crippen LogP contribution in [0.2, 0.25) is 0 Å². The highest BCUT2D eigenvalue weighted by Crippen LogP contribution is 2.34. The van der Waals surface area contributed by atoms with Crippen LogP contribution in [-0.4, -0.2) is 16.8 Å². The summed E-state index contributed by atoms with van der Waals surface area (Å²) >= 11 is 4.99. The summed E-state index contributed by atoms with van der Waals surface area (Å²) in [7, 11) is 0. The summed E-state index contributed by atoms with van der Waals surface area (Å²) in [5, 5.41) is 7.06. The number of hydrogen-bond donors (Lipinski definition) is 1. The van der Waals surface area contributed by atoms with E-state index < -0.39 is 0 Å². The van der Waals surface area contributed by atoms with E-state index in [9.17, 15) is 0 Å². The molecule has 0 amide bonds. The Morgan fingerprint density at radius 3 is 3.00 bits per heavy atom. The van der Waals surface area contributed by atoms with Gasteiger partial charge in [0.1, 0.15) is 10.4 Å². The number of aromatic nitrogens is 2. The molecule has 2 heterocycles. The number of aryl methyl sites for hydroxylation is 1. The molecule has 2 aromatic rings. The zero-order valence-corrected chi connectivity index (χ0v) is 10.1. The molecule has 0 spiro atoms. The Kier molecular flexibility index (Phi) is 2.65. The summed E-state index contributed by atoms with van der Waals surface area (Å²) in [4.78, 5) is 0. The van der Waals surface area contributed by atoms with E-state index in [1.807, 2.05) is 24.3 Å². The summed E-state index contributed by atoms with van der Waals surface area (Å²) in [6.07, 6.45) is 2.16. The van der Waals surface area contributed by atoms with Crippen LogP contribution in [0.3, 0.4) is 0 Å². The van der Waals surface area contributed by atoms with Gasteiger partial charge < -0.3 is 4.74 Å². The molecule has 1 aliphatic rings. The lowest BCUT2D eigenvalue weighted by Crippen LogP contribution is -2.09. The Labute approximate surface area is 104 Å². The van der Waals surface area contributed by atoms with Gasteiger partial charge in [0.15, 0.2) is 0 Å². The number of nitrogens with zero attached hydrogens (tertiary/aromatic N) is 1. The smallest absolute Gasteiger partial charge is 0.131 e. The topological polar surface area (TPSA) is 37.9 Å². The van der Waals surface area contributed by atoms with E-state index in [-0.39, 0.29) is 0 Å². The van der Waals surface area contributed by atoms with Crippen molar-refractivity contribution in [1.29, 1.82) is 0 Å². The van der Waals surface area contributed by atoms with Gasteiger partial charge in [0.05, 0.1) is 12.3 Å². The first-order chi connectivity index (χ1) is 8.34. The van der Waals surface area contributed by atoms with Crippen molar-refractivity contribution in [2.24, 2.45) is 0 Å². The molecule has 1 aliphatic heterocycles. The molecule has 1 N–H and O–H groups in total. The predicted octanol–water partition coefficient (Wildman–Crippen LogP) is 3.13. The largest absolute Gasteiger partial charge is 0.493 e. The van der Waals surface area contributed by atoms with Gasteiger partial charge >= 0.3 is 0 Å². The summed E-state index contributed by atoms with van der Waals surface area (Å²) in [5.74, 6) is 0.969. The second-order valence-electron chi connectivity index (χ2n) is 4.05. The van der Waals surface area contributed by atoms with Gasteiger partial charge in [-0.2, -0.15) is 5.10 Å². The summed E-state index contributed by atoms with van der Waals surface area (Å²) in [6, 6.07) is 9.96. The fourth-order valence-electron chi connectivity index (χ4n) is 2.09. The lowest BCUT2D eigenvalue weighted by Gasteiger charge is -2.19. The highest BCUT2D eigenvalue weighted by Gasteiger charge is 2.15. The SMILES string of the molecule is S=c1ccc(-c2cccc3c2OCCC3)n[nH]1. The van der Waals surface area contributed by atoms with Crippen molar-refractivity contribution in [1.82, 2.24) is 10.2 Å². The van der Waals surface area contributed by atoms with E-state index in [1.165, 1.54) is 5.56 Å². The minimum atomic E-state index is 0.638. The number of H-pyrrole nitrogens is 1. The molecule has 0 saturated carbocycles. The monoisotopic (exact) mass is 244 g/mol. The van der Waals surface area contributed by atoms with Crippen LogP contribution in [0.25, 0.3) is 11.3 Å². The van der Waals surface area contributed by atoms with E-state index >= 15 is 0 Å². The van der Waals surface area contributed by atoms with Crippen LogP contribution < -0.4 is 4.74 Å². The van der Waals surface area contributed by atoms with Crippen molar-refractivity contribution in [3.63, 3.8) is 0 Å². The molecule has 0 fully saturated rings. The first kappa shape index (κ1) is 10.5. The number of nitrogens with one attached hydrogen (secondary N) is 1. The molecule has 17 heavy (non-hydrogen) atoms. The van der Waals surface area contributed by atoms with Gasteiger partial charge in [-0.05, 0) is 36.6 Å². The van der Waals surface area contributed by atoms with Crippen molar-refractivity contribution in [2.75, 3.05) is 6.61 Å². The minimum absolute atomic E-state index is 0.638. The van der Waals surface area contributed by atoms with Crippen molar-refractivity contribution < 1.29 is 4.74 Å².